The van der Waals surface area contributed by atoms with Gasteiger partial charge in [-0.2, -0.15) is 5.10 Å². The molecule has 0 aliphatic carbocycles. The van der Waals surface area contributed by atoms with Gasteiger partial charge in [0, 0.05) is 12.4 Å². The molecular formula is C36H35BN6OPt-2. The zero-order valence-corrected chi connectivity index (χ0v) is 28.6. The van der Waals surface area contributed by atoms with E-state index in [1.54, 1.807) is 0 Å². The zero-order chi connectivity index (χ0) is 31.5. The van der Waals surface area contributed by atoms with Gasteiger partial charge in [0.25, 0.3) is 0 Å². The van der Waals surface area contributed by atoms with E-state index in [0.29, 0.717) is 17.4 Å². The molecule has 3 aromatic carbocycles. The van der Waals surface area contributed by atoms with Crippen LogP contribution in [0.1, 0.15) is 40.2 Å². The predicted molar refractivity (Wildman–Crippen MR) is 177 cm³/mol. The van der Waals surface area contributed by atoms with E-state index >= 15 is 0 Å². The second kappa shape index (κ2) is 11.3. The number of fused-ring (bicyclic) bond motifs is 4. The fraction of sp³-hybridized carbons (Fsp3) is 0.250. The summed E-state index contributed by atoms with van der Waals surface area (Å²) in [4.78, 5) is 7.18. The molecule has 7 rings (SSSR count). The van der Waals surface area contributed by atoms with Crippen molar-refractivity contribution in [3.63, 3.8) is 0 Å². The van der Waals surface area contributed by atoms with Crippen LogP contribution in [0.15, 0.2) is 85.2 Å². The molecule has 3 aromatic heterocycles. The molecule has 0 saturated carbocycles. The topological polar surface area (TPSA) is 53.0 Å². The van der Waals surface area contributed by atoms with Gasteiger partial charge >= 0.3 is 202 Å². The Morgan fingerprint density at radius 1 is 0.911 bits per heavy atom. The summed E-state index contributed by atoms with van der Waals surface area (Å²) in [5.41, 5.74) is 7.44. The summed E-state index contributed by atoms with van der Waals surface area (Å²) < 4.78 is 14.1. The Hall–Kier alpha value is -4.16. The van der Waals surface area contributed by atoms with Gasteiger partial charge in [0.2, 0.25) is 0 Å². The molecular weight excluding hydrogens is 738 g/mol. The van der Waals surface area contributed by atoms with Crippen molar-refractivity contribution in [1.29, 1.82) is 0 Å². The van der Waals surface area contributed by atoms with Crippen molar-refractivity contribution in [3.05, 3.63) is 107 Å². The zero-order valence-electron chi connectivity index (χ0n) is 26.4. The molecule has 0 amide bonds. The summed E-state index contributed by atoms with van der Waals surface area (Å²) in [6, 6.07) is 32.0. The van der Waals surface area contributed by atoms with Gasteiger partial charge < -0.3 is 0 Å². The smallest absolute Gasteiger partial charge is 0.193 e. The first-order valence-corrected chi connectivity index (χ1v) is 16.4. The van der Waals surface area contributed by atoms with Crippen molar-refractivity contribution < 1.29 is 24.1 Å². The van der Waals surface area contributed by atoms with E-state index < -0.39 is 0 Å². The Kier molecular flexibility index (Phi) is 7.44. The number of anilines is 2. The average Bonchev–Trinajstić information content (AvgIpc) is 3.60. The first-order valence-electron chi connectivity index (χ1n) is 15.3. The van der Waals surface area contributed by atoms with Gasteiger partial charge in [0.15, 0.2) is 0 Å². The number of aromatic nitrogens is 5. The fourth-order valence-electron chi connectivity index (χ4n) is 6.09. The van der Waals surface area contributed by atoms with Crippen molar-refractivity contribution in [3.8, 4) is 28.4 Å². The van der Waals surface area contributed by atoms with Gasteiger partial charge in [-0.25, -0.2) is 0 Å². The van der Waals surface area contributed by atoms with Crippen LogP contribution in [-0.2, 0) is 31.8 Å². The van der Waals surface area contributed by atoms with E-state index in [2.05, 4.69) is 146 Å². The van der Waals surface area contributed by atoms with Crippen LogP contribution >= 0.6 is 0 Å². The second-order valence-electron chi connectivity index (χ2n) is 13.0. The van der Waals surface area contributed by atoms with Crippen molar-refractivity contribution in [2.75, 3.05) is 4.81 Å². The van der Waals surface area contributed by atoms with Crippen LogP contribution in [-0.4, -0.2) is 30.8 Å². The normalized spacial score (nSPS) is 13.0. The predicted octanol–water partition coefficient (Wildman–Crippen LogP) is 8.14. The molecule has 9 heteroatoms. The van der Waals surface area contributed by atoms with Crippen LogP contribution in [0.3, 0.4) is 0 Å². The molecule has 0 atom stereocenters. The maximum absolute atomic E-state index is 6.51. The number of nitrogens with zero attached hydrogens (tertiary/aromatic N) is 6. The van der Waals surface area contributed by atoms with Crippen molar-refractivity contribution in [1.82, 2.24) is 23.8 Å². The van der Waals surface area contributed by atoms with Crippen LogP contribution in [0.5, 0.6) is 11.5 Å². The van der Waals surface area contributed by atoms with Crippen LogP contribution in [0, 0.1) is 21.9 Å². The summed E-state index contributed by atoms with van der Waals surface area (Å²) in [6.45, 7) is 11.1. The van der Waals surface area contributed by atoms with Gasteiger partial charge in [0.1, 0.15) is 0 Å². The minimum atomic E-state index is -0.0588. The Morgan fingerprint density at radius 3 is 2.47 bits per heavy atom. The SMILES string of the molecule is CC(C)CB1N(c2cc(C(C)(C)C)ccn2)c2[c-]c(Oc3[c-]c(-n4[c](=[Pt])n(C)c5ccccc54)ccc3)ccc2-c2ccnn21. The minimum absolute atomic E-state index is 0.0177. The van der Waals surface area contributed by atoms with Crippen molar-refractivity contribution >= 4 is 29.5 Å². The maximum atomic E-state index is 6.51. The van der Waals surface area contributed by atoms with Gasteiger partial charge in [-0.05, 0) is 23.0 Å². The van der Waals surface area contributed by atoms with E-state index in [9.17, 15) is 0 Å². The average molecular weight is 774 g/mol. The Morgan fingerprint density at radius 2 is 1.69 bits per heavy atom. The second-order valence-corrected chi connectivity index (χ2v) is 14.0. The molecule has 45 heavy (non-hydrogen) atoms. The third-order valence-electron chi connectivity index (χ3n) is 8.33. The van der Waals surface area contributed by atoms with Gasteiger partial charge in [0.05, 0.1) is 0 Å². The Labute approximate surface area is 275 Å². The summed E-state index contributed by atoms with van der Waals surface area (Å²) >= 11 is 2.37. The van der Waals surface area contributed by atoms with E-state index in [1.165, 1.54) is 5.56 Å². The molecule has 0 saturated heterocycles. The summed E-state index contributed by atoms with van der Waals surface area (Å²) in [5, 5.41) is 4.79. The van der Waals surface area contributed by atoms with Gasteiger partial charge in [-0.3, -0.25) is 0 Å². The number of rotatable bonds is 6. The molecule has 0 N–H and O–H groups in total. The molecule has 0 bridgehead atoms. The molecule has 0 fully saturated rings. The Bertz CT molecular complexity index is 2100. The summed E-state index contributed by atoms with van der Waals surface area (Å²) in [6.07, 6.45) is 4.69. The summed E-state index contributed by atoms with van der Waals surface area (Å²) in [7, 11) is 2.08. The molecule has 0 unspecified atom stereocenters. The quantitative estimate of drug-likeness (QED) is 0.127. The molecule has 1 aliphatic heterocycles. The standard InChI is InChI=1S/C36H35BN6O.Pt/c1-25(2)23-37-42(35-20-26(16-18-38-35)36(3,4)5)34-22-29(14-15-30(34)31-17-19-39-43(31)37)44-28-11-9-10-27(21-28)41-24-40(6)32-12-7-8-13-33(32)41;/h7-20,25H,23H2,1-6H3;/q-2;. The monoisotopic (exact) mass is 773 g/mol. The van der Waals surface area contributed by atoms with Crippen molar-refractivity contribution in [2.45, 2.75) is 46.4 Å². The van der Waals surface area contributed by atoms with Crippen LogP contribution in [0.25, 0.3) is 28.0 Å². The number of pyridine rings is 1. The van der Waals surface area contributed by atoms with Crippen LogP contribution < -0.4 is 9.55 Å². The molecule has 0 radical (unpaired) electrons. The minimum Gasteiger partial charge on any atom is -0.193 e. The number of ether oxygens (including phenoxy) is 1. The Balaban J connectivity index is 1.32. The molecule has 7 nitrogen and oxygen atoms in total. The first-order chi connectivity index (χ1) is 21.6. The number of benzene rings is 3. The van der Waals surface area contributed by atoms with E-state index in [0.717, 1.165) is 49.6 Å². The first kappa shape index (κ1) is 29.5. The third kappa shape index (κ3) is 5.29. The third-order valence-corrected chi connectivity index (χ3v) is 9.60. The van der Waals surface area contributed by atoms with Crippen LogP contribution in [0.4, 0.5) is 11.5 Å². The van der Waals surface area contributed by atoms with E-state index in [4.69, 9.17) is 14.8 Å². The molecule has 230 valence electrons. The summed E-state index contributed by atoms with van der Waals surface area (Å²) in [5.74, 6) is 2.56. The molecule has 0 spiro atoms. The van der Waals surface area contributed by atoms with Crippen molar-refractivity contribution in [2.24, 2.45) is 13.0 Å². The molecule has 4 heterocycles. The van der Waals surface area contributed by atoms with E-state index in [1.807, 2.05) is 30.6 Å². The van der Waals surface area contributed by atoms with Crippen LogP contribution in [0.2, 0.25) is 6.32 Å². The number of hydrogen-bond acceptors (Lipinski definition) is 4. The number of hydrogen-bond donors (Lipinski definition) is 0. The number of para-hydroxylation sites is 2. The number of aryl methyl sites for hydroxylation is 1. The molecule has 1 aliphatic rings. The molecule has 6 aromatic rings. The number of imidazole rings is 1. The van der Waals surface area contributed by atoms with Gasteiger partial charge in [-0.1, -0.05) is 34.6 Å². The van der Waals surface area contributed by atoms with E-state index in [-0.39, 0.29) is 12.4 Å². The van der Waals surface area contributed by atoms with Gasteiger partial charge in [-0.15, -0.1) is 0 Å². The fourth-order valence-corrected chi connectivity index (χ4v) is 6.91.